The molecule has 0 amide bonds. The van der Waals surface area contributed by atoms with E-state index >= 15 is 0 Å². The van der Waals surface area contributed by atoms with E-state index in [9.17, 15) is 0 Å². The van der Waals surface area contributed by atoms with Crippen molar-refractivity contribution in [3.63, 3.8) is 0 Å². The molecule has 0 atom stereocenters. The summed E-state index contributed by atoms with van der Waals surface area (Å²) in [6.45, 7) is 0. The topological polar surface area (TPSA) is 96.8 Å². The Morgan fingerprint density at radius 1 is 0.286 bits per heavy atom. The molecule has 0 unspecified atom stereocenters. The molecule has 12 nitrogen and oxygen atoms in total. The van der Waals surface area contributed by atoms with Crippen molar-refractivity contribution in [2.75, 3.05) is 28.6 Å². The maximum absolute atomic E-state index is 5.39. The van der Waals surface area contributed by atoms with Crippen LogP contribution >= 0.6 is 0 Å². The minimum atomic E-state index is -0.501. The van der Waals surface area contributed by atoms with E-state index in [0.29, 0.717) is 0 Å². The van der Waals surface area contributed by atoms with Crippen LogP contribution in [0.1, 0.15) is 0 Å². The van der Waals surface area contributed by atoms with Crippen LogP contribution in [0, 0.1) is 0 Å². The second kappa shape index (κ2) is 14.1. The fraction of sp³-hybridized carbons (Fsp3) is 0. The molecular weight excluding hydrogens is 777 g/mol. The summed E-state index contributed by atoms with van der Waals surface area (Å²) in [6.07, 6.45) is 5.58. The van der Waals surface area contributed by atoms with Gasteiger partial charge in [0.05, 0.1) is 34.1 Å². The lowest BCUT2D eigenvalue weighted by atomic mass is 9.56. The third-order valence-electron chi connectivity index (χ3n) is 12.2. The molecule has 9 aromatic rings. The predicted molar refractivity (Wildman–Crippen MR) is 253 cm³/mol. The van der Waals surface area contributed by atoms with Crippen molar-refractivity contribution < 1.29 is 0 Å². The minimum Gasteiger partial charge on any atom is -0.381 e. The number of rotatable bonds is 6. The first kappa shape index (κ1) is 35.3. The average Bonchev–Trinajstić information content (AvgIpc) is 4.01. The molecule has 0 spiro atoms. The third kappa shape index (κ3) is 5.39. The van der Waals surface area contributed by atoms with Gasteiger partial charge in [0.2, 0.25) is 0 Å². The predicted octanol–water partition coefficient (Wildman–Crippen LogP) is 9.30. The second-order valence-electron chi connectivity index (χ2n) is 15.7. The van der Waals surface area contributed by atoms with Crippen molar-refractivity contribution >= 4 is 73.3 Å². The molecule has 0 radical (unpaired) electrons. The number of pyridine rings is 6. The molecule has 0 bridgehead atoms. The first-order valence-corrected chi connectivity index (χ1v) is 21.0. The average molecular weight is 810 g/mol. The van der Waals surface area contributed by atoms with Crippen molar-refractivity contribution in [1.82, 2.24) is 29.9 Å². The lowest BCUT2D eigenvalue weighted by Gasteiger charge is -2.50. The summed E-state index contributed by atoms with van der Waals surface area (Å²) in [7, 11) is -1.50. The van der Waals surface area contributed by atoms with Crippen LogP contribution in [0.5, 0.6) is 0 Å². The zero-order valence-corrected chi connectivity index (χ0v) is 33.7. The van der Waals surface area contributed by atoms with E-state index in [-0.39, 0.29) is 0 Å². The summed E-state index contributed by atoms with van der Waals surface area (Å²) in [5, 5.41) is 0. The van der Waals surface area contributed by atoms with E-state index in [4.69, 9.17) is 29.9 Å². The highest BCUT2D eigenvalue weighted by atomic mass is 15.6. The van der Waals surface area contributed by atoms with E-state index in [0.717, 1.165) is 85.7 Å². The summed E-state index contributed by atoms with van der Waals surface area (Å²) in [4.78, 5) is 38.5. The van der Waals surface area contributed by atoms with Gasteiger partial charge in [0.1, 0.15) is 34.9 Å². The summed E-state index contributed by atoms with van der Waals surface area (Å²) in [5.41, 5.74) is 8.51. The van der Waals surface area contributed by atoms with Gasteiger partial charge in [-0.05, 0) is 72.8 Å². The molecule has 15 heteroatoms. The molecule has 0 aliphatic carbocycles. The Kier molecular flexibility index (Phi) is 7.89. The van der Waals surface area contributed by atoms with Gasteiger partial charge in [-0.2, -0.15) is 0 Å². The Bertz CT molecular complexity index is 2840. The number of nitrogens with zero attached hydrogens (tertiary/aromatic N) is 12. The van der Waals surface area contributed by atoms with Crippen molar-refractivity contribution in [2.24, 2.45) is 0 Å². The fourth-order valence-electron chi connectivity index (χ4n) is 9.57. The zero-order chi connectivity index (χ0) is 41.4. The smallest absolute Gasteiger partial charge is 0.381 e. The molecule has 3 aromatic carbocycles. The largest absolute Gasteiger partial charge is 0.492 e. The van der Waals surface area contributed by atoms with Gasteiger partial charge in [0.15, 0.2) is 0 Å². The molecule has 4 aliphatic rings. The number of benzene rings is 3. The Hall–Kier alpha value is -8.45. The molecule has 294 valence electrons. The number of anilines is 9. The van der Waals surface area contributed by atoms with Crippen LogP contribution in [0.4, 0.5) is 52.0 Å². The Morgan fingerprint density at radius 2 is 0.587 bits per heavy atom. The minimum absolute atomic E-state index is 0.501. The number of hydrogen-bond donors (Lipinski definition) is 0. The van der Waals surface area contributed by atoms with Gasteiger partial charge < -0.3 is 28.6 Å². The first-order valence-electron chi connectivity index (χ1n) is 21.0. The Balaban J connectivity index is 1.07. The van der Waals surface area contributed by atoms with Gasteiger partial charge in [-0.1, -0.05) is 109 Å². The summed E-state index contributed by atoms with van der Waals surface area (Å²) in [5.74, 6) is 4.62. The van der Waals surface area contributed by atoms with Gasteiger partial charge in [-0.25, -0.2) is 29.9 Å². The molecular formula is C48H33B3N12. The van der Waals surface area contributed by atoms with E-state index < -0.39 is 21.4 Å². The van der Waals surface area contributed by atoms with Crippen LogP contribution in [0.2, 0.25) is 0 Å². The van der Waals surface area contributed by atoms with Crippen molar-refractivity contribution in [1.29, 1.82) is 0 Å². The lowest BCUT2D eigenvalue weighted by Crippen LogP contribution is -2.83. The van der Waals surface area contributed by atoms with E-state index in [2.05, 4.69) is 138 Å². The van der Waals surface area contributed by atoms with Gasteiger partial charge in [-0.15, -0.1) is 0 Å². The number of fused-ring (bicyclic) bond motifs is 12. The van der Waals surface area contributed by atoms with Crippen LogP contribution in [-0.4, -0.2) is 51.3 Å². The third-order valence-corrected chi connectivity index (χ3v) is 12.2. The molecule has 13 rings (SSSR count). The summed E-state index contributed by atoms with van der Waals surface area (Å²) >= 11 is 0. The van der Waals surface area contributed by atoms with Gasteiger partial charge in [-0.3, -0.25) is 0 Å². The van der Waals surface area contributed by atoms with Crippen molar-refractivity contribution in [2.45, 2.75) is 0 Å². The van der Waals surface area contributed by atoms with Gasteiger partial charge in [0, 0.05) is 35.3 Å². The van der Waals surface area contributed by atoms with E-state index in [1.165, 1.54) is 0 Å². The van der Waals surface area contributed by atoms with Crippen molar-refractivity contribution in [3.8, 4) is 33.8 Å². The van der Waals surface area contributed by atoms with Crippen LogP contribution in [0.15, 0.2) is 201 Å². The quantitative estimate of drug-likeness (QED) is 0.150. The van der Waals surface area contributed by atoms with Crippen LogP contribution in [0.3, 0.4) is 0 Å². The van der Waals surface area contributed by atoms with Crippen LogP contribution in [0.25, 0.3) is 33.8 Å². The van der Waals surface area contributed by atoms with Crippen LogP contribution < -0.4 is 28.6 Å². The summed E-state index contributed by atoms with van der Waals surface area (Å²) in [6, 6.07) is 62.0. The fourth-order valence-corrected chi connectivity index (χ4v) is 9.57. The monoisotopic (exact) mass is 810 g/mol. The van der Waals surface area contributed by atoms with Crippen LogP contribution in [-0.2, 0) is 0 Å². The SMILES string of the molecule is c1ccc(-c2cccc(N3B4N(B5N(B6N4c4cccnc4N6c4cccc(-c6ccccc6)n4)c4cccnc4N5c4cccc(-c5ccccc5)n4)c4cccnc43)n2)cc1. The highest BCUT2D eigenvalue weighted by Gasteiger charge is 2.71. The number of hydrogen-bond acceptors (Lipinski definition) is 12. The number of aromatic nitrogens is 6. The molecule has 6 aromatic heterocycles. The molecule has 1 saturated heterocycles. The molecule has 1 fully saturated rings. The van der Waals surface area contributed by atoms with E-state index in [1.54, 1.807) is 0 Å². The lowest BCUT2D eigenvalue weighted by molar-refractivity contribution is 1.16. The highest BCUT2D eigenvalue weighted by molar-refractivity contribution is 7.11. The van der Waals surface area contributed by atoms with E-state index in [1.807, 2.05) is 91.4 Å². The molecule has 63 heavy (non-hydrogen) atoms. The first-order chi connectivity index (χ1) is 31.3. The standard InChI is InChI=1S/C48H33B3N12/c1-4-16-34(17-5-1)37-22-10-28-43(55-37)58-46-40(25-13-31-52-46)61-49(58)62-41-26-14-32-53-47(41)59(44-29-11-23-38(56-44)35-18-6-2-7-19-35)51(62)63-42-27-15-33-54-48(42)60(50(61)63)45-30-12-24-39(57-45)36-20-8-3-9-21-36/h1-33H. The van der Waals surface area contributed by atoms with Gasteiger partial charge >= 0.3 is 21.4 Å². The van der Waals surface area contributed by atoms with Crippen molar-refractivity contribution in [3.05, 3.63) is 201 Å². The summed E-state index contributed by atoms with van der Waals surface area (Å²) < 4.78 is 7.30. The zero-order valence-electron chi connectivity index (χ0n) is 33.7. The Morgan fingerprint density at radius 3 is 0.889 bits per heavy atom. The molecule has 10 heterocycles. The molecule has 0 saturated carbocycles. The molecule has 0 N–H and O–H groups in total. The van der Waals surface area contributed by atoms with Gasteiger partial charge in [0.25, 0.3) is 0 Å². The molecule has 4 aliphatic heterocycles. The maximum atomic E-state index is 5.39. The maximum Gasteiger partial charge on any atom is 0.492 e. The Labute approximate surface area is 364 Å². The highest BCUT2D eigenvalue weighted by Crippen LogP contribution is 2.56. The second-order valence-corrected chi connectivity index (χ2v) is 15.7. The normalized spacial score (nSPS) is 14.4.